The van der Waals surface area contributed by atoms with Crippen LogP contribution in [0.2, 0.25) is 0 Å². The molecular formula is C31H26N4O7. The van der Waals surface area contributed by atoms with Crippen LogP contribution in [0.1, 0.15) is 49.6 Å². The van der Waals surface area contributed by atoms with E-state index in [0.717, 1.165) is 35.3 Å². The van der Waals surface area contributed by atoms with Gasteiger partial charge in [-0.25, -0.2) is 14.5 Å². The second kappa shape index (κ2) is 9.72. The first-order chi connectivity index (χ1) is 20.4. The number of fused-ring (bicyclic) bond motifs is 3. The fraction of sp³-hybridized carbons (Fsp3) is 0.258. The molecule has 4 heterocycles. The van der Waals surface area contributed by atoms with Crippen LogP contribution in [0, 0.1) is 0 Å². The van der Waals surface area contributed by atoms with Crippen molar-refractivity contribution in [2.24, 2.45) is 0 Å². The smallest absolute Gasteiger partial charge is 0.339 e. The largest absolute Gasteiger partial charge is 0.497 e. The van der Waals surface area contributed by atoms with Crippen molar-refractivity contribution in [1.29, 1.82) is 0 Å². The molecule has 2 aliphatic heterocycles. The van der Waals surface area contributed by atoms with Gasteiger partial charge in [-0.2, -0.15) is 0 Å². The molecule has 0 bridgehead atoms. The minimum atomic E-state index is -1.77. The van der Waals surface area contributed by atoms with Gasteiger partial charge in [-0.1, -0.05) is 12.1 Å². The summed E-state index contributed by atoms with van der Waals surface area (Å²) in [5.41, 5.74) is 2.59. The summed E-state index contributed by atoms with van der Waals surface area (Å²) < 4.78 is 16.8. The van der Waals surface area contributed by atoms with E-state index in [1.54, 1.807) is 54.9 Å². The lowest BCUT2D eigenvalue weighted by atomic mass is 9.95. The lowest BCUT2D eigenvalue weighted by molar-refractivity contribution is -0.135. The summed E-state index contributed by atoms with van der Waals surface area (Å²) in [6.45, 7) is -0.594. The highest BCUT2D eigenvalue weighted by Gasteiger charge is 2.57. The minimum absolute atomic E-state index is 0.137. The molecule has 4 amide bonds. The van der Waals surface area contributed by atoms with E-state index in [2.05, 4.69) is 10.3 Å². The van der Waals surface area contributed by atoms with Crippen LogP contribution in [0.5, 0.6) is 5.75 Å². The Labute approximate surface area is 240 Å². The van der Waals surface area contributed by atoms with E-state index in [-0.39, 0.29) is 24.8 Å². The number of rotatable bonds is 7. The summed E-state index contributed by atoms with van der Waals surface area (Å²) in [6.07, 6.45) is 6.04. The highest BCUT2D eigenvalue weighted by atomic mass is 16.5. The summed E-state index contributed by atoms with van der Waals surface area (Å²) in [4.78, 5) is 60.1. The van der Waals surface area contributed by atoms with Crippen LogP contribution < -0.4 is 10.1 Å². The monoisotopic (exact) mass is 566 g/mol. The zero-order valence-electron chi connectivity index (χ0n) is 22.7. The zero-order valence-corrected chi connectivity index (χ0v) is 22.7. The number of esters is 1. The second-order valence-corrected chi connectivity index (χ2v) is 10.7. The van der Waals surface area contributed by atoms with E-state index in [4.69, 9.17) is 13.9 Å². The highest BCUT2D eigenvalue weighted by molar-refractivity contribution is 6.08. The van der Waals surface area contributed by atoms with Gasteiger partial charge in [0.2, 0.25) is 0 Å². The van der Waals surface area contributed by atoms with E-state index in [1.165, 1.54) is 17.6 Å². The third kappa shape index (κ3) is 4.08. The van der Waals surface area contributed by atoms with Crippen molar-refractivity contribution in [1.82, 2.24) is 20.1 Å². The molecule has 2 aromatic heterocycles. The van der Waals surface area contributed by atoms with Gasteiger partial charge in [0.25, 0.3) is 11.8 Å². The van der Waals surface area contributed by atoms with Crippen LogP contribution >= 0.6 is 0 Å². The van der Waals surface area contributed by atoms with Crippen LogP contribution in [0.15, 0.2) is 65.3 Å². The number of methoxy groups -OCH3 is 1. The maximum atomic E-state index is 14.1. The Hall–Kier alpha value is -5.19. The number of carbonyl (C=O) groups is 4. The normalized spacial score (nSPS) is 19.3. The van der Waals surface area contributed by atoms with Gasteiger partial charge in [-0.05, 0) is 72.4 Å². The maximum Gasteiger partial charge on any atom is 0.339 e. The molecule has 11 nitrogen and oxygen atoms in total. The number of nitrogens with one attached hydrogen (secondary N) is 1. The van der Waals surface area contributed by atoms with Gasteiger partial charge in [-0.3, -0.25) is 14.6 Å². The van der Waals surface area contributed by atoms with Gasteiger partial charge in [0.1, 0.15) is 17.1 Å². The summed E-state index contributed by atoms with van der Waals surface area (Å²) in [6, 6.07) is 13.1. The van der Waals surface area contributed by atoms with Crippen molar-refractivity contribution in [3.8, 4) is 5.75 Å². The van der Waals surface area contributed by atoms with Gasteiger partial charge in [0.05, 0.1) is 19.2 Å². The number of pyridine rings is 1. The van der Waals surface area contributed by atoms with E-state index in [0.29, 0.717) is 27.8 Å². The number of hydrogen-bond donors (Lipinski definition) is 1. The van der Waals surface area contributed by atoms with Crippen molar-refractivity contribution in [2.75, 3.05) is 20.4 Å². The molecule has 11 heteroatoms. The van der Waals surface area contributed by atoms with Crippen molar-refractivity contribution < 1.29 is 33.1 Å². The first-order valence-corrected chi connectivity index (χ1v) is 13.6. The van der Waals surface area contributed by atoms with E-state index >= 15 is 0 Å². The Morgan fingerprint density at radius 2 is 1.88 bits per heavy atom. The maximum absolute atomic E-state index is 14.1. The molecule has 0 saturated carbocycles. The van der Waals surface area contributed by atoms with E-state index in [9.17, 15) is 19.2 Å². The lowest BCUT2D eigenvalue weighted by Gasteiger charge is -2.29. The number of aryl methyl sites for hydroxylation is 2. The number of amides is 4. The molecule has 212 valence electrons. The first kappa shape index (κ1) is 25.8. The zero-order chi connectivity index (χ0) is 29.0. The molecule has 42 heavy (non-hydrogen) atoms. The molecule has 1 N–H and O–H groups in total. The van der Waals surface area contributed by atoms with Crippen molar-refractivity contribution in [2.45, 2.75) is 31.3 Å². The number of ether oxygens (including phenoxy) is 2. The molecule has 4 aromatic rings. The summed E-state index contributed by atoms with van der Waals surface area (Å²) in [7, 11) is 1.52. The molecule has 1 fully saturated rings. The third-order valence-electron chi connectivity index (χ3n) is 8.20. The predicted octanol–water partition coefficient (Wildman–Crippen LogP) is 3.54. The molecule has 7 rings (SSSR count). The Bertz CT molecular complexity index is 1760. The second-order valence-electron chi connectivity index (χ2n) is 10.7. The van der Waals surface area contributed by atoms with Gasteiger partial charge >= 0.3 is 12.0 Å². The van der Waals surface area contributed by atoms with Gasteiger partial charge in [0.15, 0.2) is 12.3 Å². The van der Waals surface area contributed by atoms with Crippen LogP contribution in [-0.2, 0) is 34.5 Å². The molecule has 0 spiro atoms. The Kier molecular flexibility index (Phi) is 5.96. The number of furan rings is 1. The summed E-state index contributed by atoms with van der Waals surface area (Å²) in [5, 5.41) is 3.37. The molecular weight excluding hydrogens is 540 g/mol. The number of imide groups is 1. The number of hydrogen-bond acceptors (Lipinski definition) is 8. The molecule has 2 aromatic carbocycles. The number of benzene rings is 2. The topological polar surface area (TPSA) is 131 Å². The van der Waals surface area contributed by atoms with Crippen molar-refractivity contribution in [3.05, 3.63) is 94.5 Å². The van der Waals surface area contributed by atoms with Crippen LogP contribution in [0.3, 0.4) is 0 Å². The molecule has 1 atom stereocenters. The minimum Gasteiger partial charge on any atom is -0.497 e. The standard InChI is InChI=1S/C31H26N4O7/c1-40-23-8-7-21-15-34(27(36)24(21)13-23)16-31(26-12-22-14-32-10-9-25(22)42-26)29(38)35(30(39)33-31)17-41-28(37)20-6-5-18-3-2-4-19(18)11-20/h5-14H,2-4,15-17H2,1H3,(H,33,39)/t31-/m0/s1. The lowest BCUT2D eigenvalue weighted by Crippen LogP contribution is -2.52. The van der Waals surface area contributed by atoms with E-state index in [1.807, 2.05) is 6.07 Å². The van der Waals surface area contributed by atoms with Crippen molar-refractivity contribution in [3.63, 3.8) is 0 Å². The number of urea groups is 1. The van der Waals surface area contributed by atoms with Gasteiger partial charge in [-0.15, -0.1) is 0 Å². The number of nitrogens with zero attached hydrogens (tertiary/aromatic N) is 3. The van der Waals surface area contributed by atoms with Crippen LogP contribution in [-0.4, -0.2) is 59.0 Å². The van der Waals surface area contributed by atoms with Crippen LogP contribution in [0.4, 0.5) is 4.79 Å². The first-order valence-electron chi connectivity index (χ1n) is 13.6. The Morgan fingerprint density at radius 1 is 1.05 bits per heavy atom. The number of aromatic nitrogens is 1. The SMILES string of the molecule is COc1ccc2c(c1)C(=O)N(C[C@@]1(c3cc4cnccc4o3)NC(=O)N(COC(=O)c3ccc4c(c3)CCC4)C1=O)C2. The van der Waals surface area contributed by atoms with Crippen molar-refractivity contribution >= 4 is 34.8 Å². The van der Waals surface area contributed by atoms with Crippen LogP contribution in [0.25, 0.3) is 11.0 Å². The Morgan fingerprint density at radius 3 is 2.71 bits per heavy atom. The summed E-state index contributed by atoms with van der Waals surface area (Å²) >= 11 is 0. The fourth-order valence-electron chi connectivity index (χ4n) is 5.98. The molecule has 0 unspecified atom stereocenters. The summed E-state index contributed by atoms with van der Waals surface area (Å²) in [5.74, 6) is -0.994. The third-order valence-corrected chi connectivity index (χ3v) is 8.20. The van der Waals surface area contributed by atoms with Gasteiger partial charge < -0.3 is 24.1 Å². The number of carbonyl (C=O) groups excluding carboxylic acids is 4. The average molecular weight is 567 g/mol. The quantitative estimate of drug-likeness (QED) is 0.266. The molecule has 1 aliphatic carbocycles. The molecule has 1 saturated heterocycles. The molecule has 0 radical (unpaired) electrons. The molecule has 3 aliphatic rings. The Balaban J connectivity index is 1.18. The predicted molar refractivity (Wildman–Crippen MR) is 148 cm³/mol. The highest BCUT2D eigenvalue weighted by Crippen LogP contribution is 2.37. The fourth-order valence-corrected chi connectivity index (χ4v) is 5.98. The van der Waals surface area contributed by atoms with E-state index < -0.39 is 30.2 Å². The van der Waals surface area contributed by atoms with Gasteiger partial charge in [0, 0.05) is 29.9 Å². The average Bonchev–Trinajstić information content (AvgIpc) is 3.77.